The third-order valence-corrected chi connectivity index (χ3v) is 4.15. The Labute approximate surface area is 194 Å². The van der Waals surface area contributed by atoms with E-state index in [2.05, 4.69) is 25.9 Å². The van der Waals surface area contributed by atoms with Crippen LogP contribution in [0.5, 0.6) is 5.75 Å². The zero-order valence-electron chi connectivity index (χ0n) is 16.0. The molecule has 0 aliphatic rings. The maximum atomic E-state index is 8.25. The SMILES string of the molecule is COc1ccc2cnc(N)cc2c1.C[O-].Nc1cc2cc(Br)ccc2cn1.[Na+]. The number of pyridine rings is 2. The van der Waals surface area contributed by atoms with E-state index in [1.165, 1.54) is 0 Å². The Morgan fingerprint density at radius 1 is 0.786 bits per heavy atom. The molecular formula is C20H20BrN4NaO2. The minimum absolute atomic E-state index is 0. The van der Waals surface area contributed by atoms with Gasteiger partial charge in [-0.2, -0.15) is 7.11 Å². The fraction of sp³-hybridized carbons (Fsp3) is 0.100. The average molecular weight is 451 g/mol. The molecule has 0 saturated heterocycles. The number of nitrogen functional groups attached to an aromatic ring is 2. The van der Waals surface area contributed by atoms with Crippen molar-refractivity contribution in [2.24, 2.45) is 0 Å². The maximum absolute atomic E-state index is 8.25. The Hall–Kier alpha value is -1.90. The second-order valence-corrected chi connectivity index (χ2v) is 6.34. The molecule has 0 spiro atoms. The number of halogens is 1. The number of rotatable bonds is 1. The van der Waals surface area contributed by atoms with Gasteiger partial charge in [0.2, 0.25) is 0 Å². The van der Waals surface area contributed by atoms with Crippen molar-refractivity contribution in [2.75, 3.05) is 25.7 Å². The maximum Gasteiger partial charge on any atom is 1.00 e. The topological polar surface area (TPSA) is 110 Å². The quantitative estimate of drug-likeness (QED) is 0.405. The summed E-state index contributed by atoms with van der Waals surface area (Å²) in [5.74, 6) is 1.92. The first-order valence-electron chi connectivity index (χ1n) is 7.96. The first kappa shape index (κ1) is 24.1. The van der Waals surface area contributed by atoms with Crippen molar-refractivity contribution in [1.82, 2.24) is 9.97 Å². The van der Waals surface area contributed by atoms with Crippen LogP contribution in [0.15, 0.2) is 65.4 Å². The Kier molecular flexibility index (Phi) is 10.2. The molecule has 8 heteroatoms. The van der Waals surface area contributed by atoms with E-state index in [1.807, 2.05) is 48.5 Å². The van der Waals surface area contributed by atoms with Gasteiger partial charge in [-0.1, -0.05) is 22.0 Å². The van der Waals surface area contributed by atoms with Crippen molar-refractivity contribution >= 4 is 49.1 Å². The molecule has 2 heterocycles. The predicted molar refractivity (Wildman–Crippen MR) is 112 cm³/mol. The van der Waals surface area contributed by atoms with Crippen LogP contribution in [0.4, 0.5) is 11.6 Å². The summed E-state index contributed by atoms with van der Waals surface area (Å²) in [6.07, 6.45) is 3.53. The van der Waals surface area contributed by atoms with Crippen LogP contribution in [-0.4, -0.2) is 24.2 Å². The van der Waals surface area contributed by atoms with Crippen LogP contribution in [0.25, 0.3) is 21.5 Å². The number of fused-ring (bicyclic) bond motifs is 2. The molecule has 4 aromatic rings. The molecule has 4 N–H and O–H groups in total. The largest absolute Gasteiger partial charge is 1.00 e. The van der Waals surface area contributed by atoms with Crippen molar-refractivity contribution in [3.05, 3.63) is 65.4 Å². The van der Waals surface area contributed by atoms with Crippen molar-refractivity contribution in [3.8, 4) is 5.75 Å². The third kappa shape index (κ3) is 6.61. The molecule has 0 unspecified atom stereocenters. The van der Waals surface area contributed by atoms with E-state index < -0.39 is 0 Å². The van der Waals surface area contributed by atoms with Crippen molar-refractivity contribution < 1.29 is 39.4 Å². The summed E-state index contributed by atoms with van der Waals surface area (Å²) >= 11 is 3.40. The third-order valence-electron chi connectivity index (χ3n) is 3.65. The Morgan fingerprint density at radius 3 is 1.82 bits per heavy atom. The summed E-state index contributed by atoms with van der Waals surface area (Å²) in [7, 11) is 2.39. The van der Waals surface area contributed by atoms with Crippen molar-refractivity contribution in [1.29, 1.82) is 0 Å². The summed E-state index contributed by atoms with van der Waals surface area (Å²) < 4.78 is 6.16. The van der Waals surface area contributed by atoms with Gasteiger partial charge in [0.15, 0.2) is 0 Å². The smallest absolute Gasteiger partial charge is 0.857 e. The molecular weight excluding hydrogens is 431 g/mol. The van der Waals surface area contributed by atoms with Crippen LogP contribution < -0.4 is 50.9 Å². The van der Waals surface area contributed by atoms with E-state index in [4.69, 9.17) is 21.3 Å². The summed E-state index contributed by atoms with van der Waals surface area (Å²) in [5, 5.41) is 12.6. The standard InChI is InChI=1S/C10H10N2O.C9H7BrN2.CH3O.Na/c1-13-9-3-2-7-6-12-10(11)5-8(7)4-9;10-8-2-1-6-5-12-9(11)4-7(6)3-8;1-2;/h2-6H,1H3,(H2,11,12);1-5H,(H2,11,12);1H3;/q;;-1;+1. The second kappa shape index (κ2) is 11.8. The van der Waals surface area contributed by atoms with Gasteiger partial charge in [-0.25, -0.2) is 9.97 Å². The van der Waals surface area contributed by atoms with E-state index in [0.717, 1.165) is 38.9 Å². The van der Waals surface area contributed by atoms with E-state index in [-0.39, 0.29) is 29.6 Å². The van der Waals surface area contributed by atoms with E-state index in [0.29, 0.717) is 11.6 Å². The Bertz CT molecular complexity index is 1010. The zero-order chi connectivity index (χ0) is 19.8. The van der Waals surface area contributed by atoms with Gasteiger partial charge in [-0.05, 0) is 53.2 Å². The van der Waals surface area contributed by atoms with Crippen LogP contribution in [0.2, 0.25) is 0 Å². The molecule has 28 heavy (non-hydrogen) atoms. The summed E-state index contributed by atoms with van der Waals surface area (Å²) in [5.41, 5.74) is 11.1. The van der Waals surface area contributed by atoms with Crippen LogP contribution in [0.1, 0.15) is 0 Å². The van der Waals surface area contributed by atoms with Crippen molar-refractivity contribution in [2.45, 2.75) is 0 Å². The van der Waals surface area contributed by atoms with Crippen LogP contribution in [0, 0.1) is 0 Å². The van der Waals surface area contributed by atoms with Crippen LogP contribution >= 0.6 is 15.9 Å². The van der Waals surface area contributed by atoms with E-state index in [9.17, 15) is 0 Å². The molecule has 0 bridgehead atoms. The van der Waals surface area contributed by atoms with Gasteiger partial charge in [-0.3, -0.25) is 0 Å². The first-order valence-corrected chi connectivity index (χ1v) is 8.75. The summed E-state index contributed by atoms with van der Waals surface area (Å²) in [6.45, 7) is 0. The molecule has 0 fully saturated rings. The number of anilines is 2. The Morgan fingerprint density at radius 2 is 1.29 bits per heavy atom. The number of nitrogens with two attached hydrogens (primary N) is 2. The van der Waals surface area contributed by atoms with E-state index in [1.54, 1.807) is 19.5 Å². The number of nitrogens with zero attached hydrogens (tertiary/aromatic N) is 2. The van der Waals surface area contributed by atoms with Crippen LogP contribution in [0.3, 0.4) is 0 Å². The minimum Gasteiger partial charge on any atom is -0.857 e. The molecule has 2 aromatic heterocycles. The minimum atomic E-state index is 0. The summed E-state index contributed by atoms with van der Waals surface area (Å²) in [6, 6.07) is 15.5. The van der Waals surface area contributed by atoms with Crippen molar-refractivity contribution in [3.63, 3.8) is 0 Å². The molecule has 0 amide bonds. The Balaban J connectivity index is 0.000000250. The molecule has 6 nitrogen and oxygen atoms in total. The average Bonchev–Trinajstić information content (AvgIpc) is 2.69. The molecule has 0 radical (unpaired) electrons. The van der Waals surface area contributed by atoms with Gasteiger partial charge in [-0.15, -0.1) is 0 Å². The number of benzene rings is 2. The monoisotopic (exact) mass is 450 g/mol. The number of aromatic nitrogens is 2. The molecule has 0 aliphatic carbocycles. The number of ether oxygens (including phenoxy) is 1. The van der Waals surface area contributed by atoms with Gasteiger partial charge in [0, 0.05) is 27.6 Å². The number of hydrogen-bond acceptors (Lipinski definition) is 6. The van der Waals surface area contributed by atoms with Gasteiger partial charge in [0.25, 0.3) is 0 Å². The normalized spacial score (nSPS) is 9.43. The summed E-state index contributed by atoms with van der Waals surface area (Å²) in [4.78, 5) is 8.00. The van der Waals surface area contributed by atoms with Crippen LogP contribution in [-0.2, 0) is 0 Å². The first-order chi connectivity index (χ1) is 13.0. The fourth-order valence-electron chi connectivity index (χ4n) is 2.39. The fourth-order valence-corrected chi connectivity index (χ4v) is 2.77. The predicted octanol–water partition coefficient (Wildman–Crippen LogP) is 0.386. The number of methoxy groups -OCH3 is 1. The second-order valence-electron chi connectivity index (χ2n) is 5.42. The van der Waals surface area contributed by atoms with Gasteiger partial charge in [0.05, 0.1) is 7.11 Å². The van der Waals surface area contributed by atoms with Gasteiger partial charge < -0.3 is 21.3 Å². The molecule has 140 valence electrons. The zero-order valence-corrected chi connectivity index (χ0v) is 19.6. The van der Waals surface area contributed by atoms with Gasteiger partial charge in [0.1, 0.15) is 17.4 Å². The molecule has 4 rings (SSSR count). The van der Waals surface area contributed by atoms with Gasteiger partial charge >= 0.3 is 29.6 Å². The van der Waals surface area contributed by atoms with E-state index >= 15 is 0 Å². The molecule has 0 atom stereocenters. The molecule has 2 aromatic carbocycles. The number of hydrogen-bond donors (Lipinski definition) is 2. The molecule has 0 aliphatic heterocycles. The molecule has 0 saturated carbocycles.